The summed E-state index contributed by atoms with van der Waals surface area (Å²) in [7, 11) is 0. The van der Waals surface area contributed by atoms with E-state index in [1.165, 1.54) is 121 Å². The zero-order valence-electron chi connectivity index (χ0n) is 26.9. The van der Waals surface area contributed by atoms with E-state index in [4.69, 9.17) is 0 Å². The van der Waals surface area contributed by atoms with Gasteiger partial charge in [0.15, 0.2) is 0 Å². The highest BCUT2D eigenvalue weighted by Crippen LogP contribution is 2.54. The Balaban J connectivity index is 1.33. The molecule has 0 atom stereocenters. The van der Waals surface area contributed by atoms with Crippen LogP contribution in [0.5, 0.6) is 0 Å². The topological polar surface area (TPSA) is 8.82 Å². The first-order chi connectivity index (χ1) is 24.8. The van der Waals surface area contributed by atoms with E-state index in [1.54, 1.807) is 0 Å². The van der Waals surface area contributed by atoms with Gasteiger partial charge in [0.2, 0.25) is 0 Å². The van der Waals surface area contributed by atoms with Crippen LogP contribution in [0.2, 0.25) is 0 Å². The van der Waals surface area contributed by atoms with Crippen molar-refractivity contribution in [3.63, 3.8) is 0 Å². The van der Waals surface area contributed by atoms with Crippen molar-refractivity contribution >= 4 is 76.2 Å². The van der Waals surface area contributed by atoms with Crippen molar-refractivity contribution in [2.24, 2.45) is 0 Å². The quantitative estimate of drug-likeness (QED) is 0.158. The molecule has 13 rings (SSSR count). The van der Waals surface area contributed by atoms with Gasteiger partial charge in [0, 0.05) is 48.7 Å². The lowest BCUT2D eigenvalue weighted by Crippen LogP contribution is -1.97. The summed E-state index contributed by atoms with van der Waals surface area (Å²) < 4.78 is 5.07. The number of hydrogen-bond donors (Lipinski definition) is 0. The first kappa shape index (κ1) is 25.4. The highest BCUT2D eigenvalue weighted by Gasteiger charge is 2.29. The average Bonchev–Trinajstić information content (AvgIpc) is 3.89. The lowest BCUT2D eigenvalue weighted by Gasteiger charge is -2.24. The van der Waals surface area contributed by atoms with Crippen LogP contribution in [-0.4, -0.2) is 8.80 Å². The van der Waals surface area contributed by atoms with E-state index in [-0.39, 0.29) is 0 Å². The molecule has 50 heavy (non-hydrogen) atoms. The van der Waals surface area contributed by atoms with Crippen molar-refractivity contribution < 1.29 is 0 Å². The molecule has 0 bridgehead atoms. The molecule has 1 aliphatic rings. The fraction of sp³-hybridized carbons (Fsp3) is 0. The maximum absolute atomic E-state index is 2.56. The number of fused-ring (bicyclic) bond motifs is 21. The van der Waals surface area contributed by atoms with Crippen LogP contribution in [0.25, 0.3) is 121 Å². The second-order valence-corrected chi connectivity index (χ2v) is 14.0. The van der Waals surface area contributed by atoms with Crippen LogP contribution in [0, 0.1) is 0 Å². The Labute approximate surface area is 286 Å². The molecular weight excluding hydrogens is 605 g/mol. The molecule has 0 unspecified atom stereocenters. The summed E-state index contributed by atoms with van der Waals surface area (Å²) in [4.78, 5) is 0. The Bertz CT molecular complexity index is 3430. The SMILES string of the molecule is c1ccc2c(c1)-c1ccccc1-c1cc3c4ccccc4n4c5cc6c(cc5c(c1-c1ccccc1-2)c34)c1cccc2c3ccccc3n6c21. The van der Waals surface area contributed by atoms with Crippen LogP contribution in [0.15, 0.2) is 158 Å². The zero-order valence-corrected chi connectivity index (χ0v) is 26.9. The molecule has 4 heterocycles. The molecule has 0 fully saturated rings. The zero-order chi connectivity index (χ0) is 32.2. The molecule has 1 aliphatic carbocycles. The largest absolute Gasteiger partial charge is 0.308 e. The Morgan fingerprint density at radius 3 is 1.38 bits per heavy atom. The molecule has 0 saturated carbocycles. The second-order valence-electron chi connectivity index (χ2n) is 14.0. The van der Waals surface area contributed by atoms with E-state index < -0.39 is 0 Å². The number of nitrogens with zero attached hydrogens (tertiary/aromatic N) is 2. The molecule has 0 radical (unpaired) electrons. The first-order valence-electron chi connectivity index (χ1n) is 17.5. The number of aromatic nitrogens is 2. The Morgan fingerprint density at radius 2 is 0.720 bits per heavy atom. The molecule has 0 amide bonds. The van der Waals surface area contributed by atoms with Crippen LogP contribution >= 0.6 is 0 Å². The van der Waals surface area contributed by atoms with Crippen LogP contribution in [0.3, 0.4) is 0 Å². The summed E-state index contributed by atoms with van der Waals surface area (Å²) in [5.74, 6) is 0. The van der Waals surface area contributed by atoms with Crippen LogP contribution in [-0.2, 0) is 0 Å². The van der Waals surface area contributed by atoms with E-state index in [0.29, 0.717) is 0 Å². The van der Waals surface area contributed by atoms with Gasteiger partial charge in [-0.2, -0.15) is 0 Å². The highest BCUT2D eigenvalue weighted by molar-refractivity contribution is 6.33. The van der Waals surface area contributed by atoms with Crippen LogP contribution in [0.4, 0.5) is 0 Å². The van der Waals surface area contributed by atoms with E-state index >= 15 is 0 Å². The summed E-state index contributed by atoms with van der Waals surface area (Å²) >= 11 is 0. The van der Waals surface area contributed by atoms with E-state index in [9.17, 15) is 0 Å². The van der Waals surface area contributed by atoms with Gasteiger partial charge in [0.1, 0.15) is 0 Å². The van der Waals surface area contributed by atoms with Crippen molar-refractivity contribution in [1.29, 1.82) is 0 Å². The Hall–Kier alpha value is -6.64. The molecular formula is C48H26N2. The van der Waals surface area contributed by atoms with Crippen molar-refractivity contribution in [3.8, 4) is 44.5 Å². The molecule has 4 aromatic heterocycles. The third-order valence-electron chi connectivity index (χ3n) is 11.7. The van der Waals surface area contributed by atoms with E-state index in [0.717, 1.165) is 0 Å². The summed E-state index contributed by atoms with van der Waals surface area (Å²) in [5, 5.41) is 10.5. The van der Waals surface area contributed by atoms with Gasteiger partial charge in [0.25, 0.3) is 0 Å². The van der Waals surface area contributed by atoms with Crippen molar-refractivity contribution in [3.05, 3.63) is 158 Å². The smallest absolute Gasteiger partial charge is 0.0627 e. The molecule has 0 aliphatic heterocycles. The Morgan fingerprint density at radius 1 is 0.260 bits per heavy atom. The number of rotatable bonds is 0. The molecule has 0 spiro atoms. The normalized spacial score (nSPS) is 12.8. The minimum atomic E-state index is 1.25. The molecule has 2 nitrogen and oxygen atoms in total. The maximum Gasteiger partial charge on any atom is 0.0627 e. The first-order valence-corrected chi connectivity index (χ1v) is 17.5. The molecule has 0 saturated heterocycles. The van der Waals surface area contributed by atoms with Gasteiger partial charge in [-0.1, -0.05) is 127 Å². The van der Waals surface area contributed by atoms with Crippen molar-refractivity contribution in [1.82, 2.24) is 8.80 Å². The van der Waals surface area contributed by atoms with Gasteiger partial charge in [-0.25, -0.2) is 0 Å². The average molecular weight is 631 g/mol. The van der Waals surface area contributed by atoms with Crippen molar-refractivity contribution in [2.75, 3.05) is 0 Å². The van der Waals surface area contributed by atoms with Crippen LogP contribution < -0.4 is 0 Å². The number of benzene rings is 8. The minimum Gasteiger partial charge on any atom is -0.308 e. The van der Waals surface area contributed by atoms with Gasteiger partial charge in [-0.3, -0.25) is 0 Å². The third kappa shape index (κ3) is 2.83. The van der Waals surface area contributed by atoms with Gasteiger partial charge >= 0.3 is 0 Å². The fourth-order valence-electron chi connectivity index (χ4n) is 9.82. The summed E-state index contributed by atoms with van der Waals surface area (Å²) in [5.41, 5.74) is 17.9. The molecule has 12 aromatic rings. The predicted octanol–water partition coefficient (Wildman–Crippen LogP) is 13.0. The molecule has 2 heteroatoms. The van der Waals surface area contributed by atoms with Gasteiger partial charge in [-0.05, 0) is 69.3 Å². The number of para-hydroxylation sites is 3. The monoisotopic (exact) mass is 630 g/mol. The maximum atomic E-state index is 2.56. The van der Waals surface area contributed by atoms with Crippen LogP contribution in [0.1, 0.15) is 0 Å². The third-order valence-corrected chi connectivity index (χ3v) is 11.7. The summed E-state index contributed by atoms with van der Waals surface area (Å²) in [6, 6.07) is 59.2. The fourth-order valence-corrected chi connectivity index (χ4v) is 9.82. The molecule has 0 N–H and O–H groups in total. The molecule has 8 aromatic carbocycles. The minimum absolute atomic E-state index is 1.25. The Kier molecular flexibility index (Phi) is 4.41. The summed E-state index contributed by atoms with van der Waals surface area (Å²) in [6.07, 6.45) is 0. The predicted molar refractivity (Wildman–Crippen MR) is 211 cm³/mol. The van der Waals surface area contributed by atoms with Gasteiger partial charge < -0.3 is 8.80 Å². The standard InChI is InChI=1S/C48H26N2/c1-2-13-28-27(12-1)29-14-3-4-16-31(29)38-25-39-33-18-8-10-23-42(33)50-44-26-43-37(24-40(44)46(48(39)50)45(38)34-19-6-5-15-30(28)34)36-21-11-20-35-32-17-7-9-22-41(32)49(43)47(35)36/h1-26H. The van der Waals surface area contributed by atoms with Crippen molar-refractivity contribution in [2.45, 2.75) is 0 Å². The van der Waals surface area contributed by atoms with Gasteiger partial charge in [0.05, 0.1) is 33.1 Å². The lowest BCUT2D eigenvalue weighted by atomic mass is 9.79. The van der Waals surface area contributed by atoms with E-state index in [1.807, 2.05) is 0 Å². The second kappa shape index (κ2) is 8.68. The number of hydrogen-bond acceptors (Lipinski definition) is 0. The summed E-state index contributed by atoms with van der Waals surface area (Å²) in [6.45, 7) is 0. The molecule has 228 valence electrons. The van der Waals surface area contributed by atoms with Gasteiger partial charge in [-0.15, -0.1) is 0 Å². The van der Waals surface area contributed by atoms with E-state index in [2.05, 4.69) is 167 Å². The highest BCUT2D eigenvalue weighted by atomic mass is 14.9. The lowest BCUT2D eigenvalue weighted by molar-refractivity contribution is 1.35.